The van der Waals surface area contributed by atoms with Crippen LogP contribution in [-0.2, 0) is 9.53 Å². The van der Waals surface area contributed by atoms with E-state index in [1.807, 2.05) is 0 Å². The van der Waals surface area contributed by atoms with Crippen LogP contribution in [0.1, 0.15) is 32.1 Å². The van der Waals surface area contributed by atoms with E-state index in [0.29, 0.717) is 26.1 Å². The number of nitrogens with one attached hydrogen (secondary N) is 1. The van der Waals surface area contributed by atoms with Gasteiger partial charge in [0.1, 0.15) is 5.41 Å². The molecule has 4 N–H and O–H groups in total. The van der Waals surface area contributed by atoms with Gasteiger partial charge < -0.3 is 21.0 Å². The highest BCUT2D eigenvalue weighted by Crippen LogP contribution is 2.33. The van der Waals surface area contributed by atoms with E-state index in [-0.39, 0.29) is 17.8 Å². The number of hydrogen-bond acceptors (Lipinski definition) is 5. The Labute approximate surface area is 124 Å². The van der Waals surface area contributed by atoms with Gasteiger partial charge in [-0.05, 0) is 32.1 Å². The fourth-order valence-electron chi connectivity index (χ4n) is 3.42. The predicted octanol–water partition coefficient (Wildman–Crippen LogP) is -0.117. The summed E-state index contributed by atoms with van der Waals surface area (Å²) in [5, 5.41) is 15.2. The van der Waals surface area contributed by atoms with Crippen LogP contribution in [0.15, 0.2) is 5.16 Å². The van der Waals surface area contributed by atoms with Gasteiger partial charge in [0.15, 0.2) is 5.84 Å². The van der Waals surface area contributed by atoms with Crippen molar-refractivity contribution in [2.75, 3.05) is 26.3 Å². The first kappa shape index (κ1) is 14.6. The quantitative estimate of drug-likeness (QED) is 0.291. The number of ether oxygens (including phenoxy) is 1. The molecule has 2 aliphatic heterocycles. The molecular weight excluding hydrogens is 272 g/mol. The lowest BCUT2D eigenvalue weighted by atomic mass is 9.78. The summed E-state index contributed by atoms with van der Waals surface area (Å²) in [4.78, 5) is 15.2. The van der Waals surface area contributed by atoms with Crippen molar-refractivity contribution in [3.8, 4) is 0 Å². The second kappa shape index (κ2) is 5.81. The number of likely N-dealkylation sites (tertiary alicyclic amines) is 1. The van der Waals surface area contributed by atoms with Crippen LogP contribution in [0.3, 0.4) is 0 Å². The first-order valence-corrected chi connectivity index (χ1v) is 7.76. The highest BCUT2D eigenvalue weighted by molar-refractivity contribution is 6.06. The number of rotatable bonds is 4. The van der Waals surface area contributed by atoms with E-state index in [4.69, 9.17) is 15.7 Å². The summed E-state index contributed by atoms with van der Waals surface area (Å²) in [6.45, 7) is 2.89. The summed E-state index contributed by atoms with van der Waals surface area (Å²) >= 11 is 0. The van der Waals surface area contributed by atoms with E-state index < -0.39 is 5.41 Å². The molecule has 0 aromatic rings. The topological polar surface area (TPSA) is 100 Å². The summed E-state index contributed by atoms with van der Waals surface area (Å²) in [5.74, 6) is -0.121. The summed E-state index contributed by atoms with van der Waals surface area (Å²) in [5.41, 5.74) is 4.90. The highest BCUT2D eigenvalue weighted by atomic mass is 16.5. The van der Waals surface area contributed by atoms with Crippen LogP contribution in [0.4, 0.5) is 0 Å². The number of hydrogen-bond donors (Lipinski definition) is 3. The third kappa shape index (κ3) is 2.85. The third-order valence-electron chi connectivity index (χ3n) is 5.00. The predicted molar refractivity (Wildman–Crippen MR) is 77.0 cm³/mol. The molecule has 0 bridgehead atoms. The van der Waals surface area contributed by atoms with Crippen LogP contribution < -0.4 is 11.1 Å². The first-order chi connectivity index (χ1) is 10.2. The van der Waals surface area contributed by atoms with Gasteiger partial charge in [-0.2, -0.15) is 0 Å². The number of amidine groups is 1. The Morgan fingerprint density at radius 1 is 1.33 bits per heavy atom. The Balaban J connectivity index is 1.64. The van der Waals surface area contributed by atoms with Crippen molar-refractivity contribution < 1.29 is 14.7 Å². The molecule has 0 aromatic heterocycles. The zero-order valence-corrected chi connectivity index (χ0v) is 12.3. The molecule has 1 saturated carbocycles. The molecule has 3 aliphatic rings. The van der Waals surface area contributed by atoms with Crippen LogP contribution in [0.25, 0.3) is 0 Å². The molecule has 0 aromatic carbocycles. The Kier molecular flexibility index (Phi) is 4.03. The van der Waals surface area contributed by atoms with Gasteiger partial charge in [0.25, 0.3) is 0 Å². The maximum absolute atomic E-state index is 12.7. The average Bonchev–Trinajstić information content (AvgIpc) is 3.27. The molecule has 7 heteroatoms. The fraction of sp³-hybridized carbons (Fsp3) is 0.857. The molecule has 3 fully saturated rings. The number of nitrogens with two attached hydrogens (primary N) is 1. The molecule has 7 nitrogen and oxygen atoms in total. The van der Waals surface area contributed by atoms with Gasteiger partial charge in [-0.15, -0.1) is 0 Å². The van der Waals surface area contributed by atoms with Gasteiger partial charge in [0, 0.05) is 38.4 Å². The van der Waals surface area contributed by atoms with E-state index in [2.05, 4.69) is 15.4 Å². The zero-order valence-electron chi connectivity index (χ0n) is 12.3. The summed E-state index contributed by atoms with van der Waals surface area (Å²) in [7, 11) is 0. The van der Waals surface area contributed by atoms with Crippen LogP contribution in [-0.4, -0.2) is 60.2 Å². The van der Waals surface area contributed by atoms with Gasteiger partial charge in [-0.25, -0.2) is 0 Å². The number of carbonyl (C=O) groups is 1. The Hall–Kier alpha value is -1.34. The SMILES string of the molecule is NC(=NO)C1(C(=O)NC2CCN(C3CC3)C2)CCOCC1. The Morgan fingerprint density at radius 2 is 2.05 bits per heavy atom. The largest absolute Gasteiger partial charge is 0.409 e. The van der Waals surface area contributed by atoms with Crippen LogP contribution in [0.5, 0.6) is 0 Å². The fourth-order valence-corrected chi connectivity index (χ4v) is 3.42. The van der Waals surface area contributed by atoms with Crippen LogP contribution >= 0.6 is 0 Å². The van der Waals surface area contributed by atoms with E-state index in [9.17, 15) is 4.79 Å². The van der Waals surface area contributed by atoms with Gasteiger partial charge >= 0.3 is 0 Å². The minimum atomic E-state index is -0.917. The first-order valence-electron chi connectivity index (χ1n) is 7.76. The molecule has 3 rings (SSSR count). The smallest absolute Gasteiger partial charge is 0.234 e. The molecule has 1 atom stereocenters. The minimum Gasteiger partial charge on any atom is -0.409 e. The van der Waals surface area contributed by atoms with Crippen molar-refractivity contribution in [3.05, 3.63) is 0 Å². The lowest BCUT2D eigenvalue weighted by molar-refractivity contribution is -0.132. The number of amides is 1. The molecule has 1 aliphatic carbocycles. The standard InChI is InChI=1S/C14H24N4O3/c15-12(17-20)14(4-7-21-8-5-14)13(19)16-10-3-6-18(9-10)11-1-2-11/h10-11,20H,1-9H2,(H2,15,17)(H,16,19). The normalized spacial score (nSPS) is 30.3. The summed E-state index contributed by atoms with van der Waals surface area (Å²) in [6.07, 6.45) is 4.48. The second-order valence-electron chi connectivity index (χ2n) is 6.36. The maximum Gasteiger partial charge on any atom is 0.234 e. The lowest BCUT2D eigenvalue weighted by Gasteiger charge is -2.35. The van der Waals surface area contributed by atoms with E-state index in [1.165, 1.54) is 12.8 Å². The van der Waals surface area contributed by atoms with Gasteiger partial charge in [-0.3, -0.25) is 9.69 Å². The molecule has 118 valence electrons. The Bertz CT molecular complexity index is 430. The van der Waals surface area contributed by atoms with Gasteiger partial charge in [0.05, 0.1) is 0 Å². The number of carbonyl (C=O) groups excluding carboxylic acids is 1. The monoisotopic (exact) mass is 296 g/mol. The van der Waals surface area contributed by atoms with Gasteiger partial charge in [-0.1, -0.05) is 5.16 Å². The van der Waals surface area contributed by atoms with Gasteiger partial charge in [0.2, 0.25) is 5.91 Å². The zero-order chi connectivity index (χ0) is 14.9. The van der Waals surface area contributed by atoms with Crippen LogP contribution in [0, 0.1) is 5.41 Å². The molecule has 2 saturated heterocycles. The van der Waals surface area contributed by atoms with E-state index >= 15 is 0 Å². The number of nitrogens with zero attached hydrogens (tertiary/aromatic N) is 2. The second-order valence-corrected chi connectivity index (χ2v) is 6.36. The summed E-state index contributed by atoms with van der Waals surface area (Å²) in [6, 6.07) is 0.900. The van der Waals surface area contributed by atoms with Crippen molar-refractivity contribution in [2.24, 2.45) is 16.3 Å². The molecule has 0 radical (unpaired) electrons. The Morgan fingerprint density at radius 3 is 2.67 bits per heavy atom. The summed E-state index contributed by atoms with van der Waals surface area (Å²) < 4.78 is 5.32. The van der Waals surface area contributed by atoms with E-state index in [0.717, 1.165) is 25.6 Å². The van der Waals surface area contributed by atoms with Crippen molar-refractivity contribution >= 4 is 11.7 Å². The highest BCUT2D eigenvalue weighted by Gasteiger charge is 2.46. The molecule has 21 heavy (non-hydrogen) atoms. The molecule has 0 spiro atoms. The van der Waals surface area contributed by atoms with Crippen molar-refractivity contribution in [3.63, 3.8) is 0 Å². The van der Waals surface area contributed by atoms with Crippen molar-refractivity contribution in [1.29, 1.82) is 0 Å². The van der Waals surface area contributed by atoms with Crippen LogP contribution in [0.2, 0.25) is 0 Å². The lowest BCUT2D eigenvalue weighted by Crippen LogP contribution is -2.55. The molecule has 1 unspecified atom stereocenters. The average molecular weight is 296 g/mol. The third-order valence-corrected chi connectivity index (χ3v) is 5.00. The number of oxime groups is 1. The van der Waals surface area contributed by atoms with E-state index in [1.54, 1.807) is 0 Å². The molecular formula is C14H24N4O3. The maximum atomic E-state index is 12.7. The molecule has 2 heterocycles. The van der Waals surface area contributed by atoms with Crippen molar-refractivity contribution in [1.82, 2.24) is 10.2 Å². The van der Waals surface area contributed by atoms with Crippen molar-refractivity contribution in [2.45, 2.75) is 44.2 Å². The molecule has 1 amide bonds. The minimum absolute atomic E-state index is 0.000320.